The number of hydrogen-bond donors (Lipinski definition) is 1. The standard InChI is InChI=1S/C8H18N2S/c1-8-7-9-3-4-10(8)5-6-11-2/h8-9H,3-7H2,1-2H3. The SMILES string of the molecule is CSCCN1CCNCC1C. The second-order valence-corrected chi connectivity index (χ2v) is 4.07. The zero-order valence-electron chi connectivity index (χ0n) is 7.47. The molecule has 0 aromatic heterocycles. The van der Waals surface area contributed by atoms with Crippen LogP contribution in [0.3, 0.4) is 0 Å². The third kappa shape index (κ3) is 3.01. The highest BCUT2D eigenvalue weighted by Gasteiger charge is 2.16. The molecular formula is C8H18N2S. The number of piperazine rings is 1. The number of thioether (sulfide) groups is 1. The maximum Gasteiger partial charge on any atom is 0.0193 e. The highest BCUT2D eigenvalue weighted by atomic mass is 32.2. The van der Waals surface area contributed by atoms with Gasteiger partial charge in [0.2, 0.25) is 0 Å². The Morgan fingerprint density at radius 3 is 3.09 bits per heavy atom. The van der Waals surface area contributed by atoms with Crippen molar-refractivity contribution < 1.29 is 0 Å². The lowest BCUT2D eigenvalue weighted by Gasteiger charge is -2.33. The van der Waals surface area contributed by atoms with Crippen LogP contribution < -0.4 is 5.32 Å². The lowest BCUT2D eigenvalue weighted by Crippen LogP contribution is -2.50. The molecule has 1 N–H and O–H groups in total. The summed E-state index contributed by atoms with van der Waals surface area (Å²) in [7, 11) is 0. The third-order valence-corrected chi connectivity index (χ3v) is 2.81. The number of nitrogens with zero attached hydrogens (tertiary/aromatic N) is 1. The summed E-state index contributed by atoms with van der Waals surface area (Å²) in [5.74, 6) is 1.27. The Hall–Kier alpha value is 0.270. The van der Waals surface area contributed by atoms with Gasteiger partial charge in [-0.2, -0.15) is 11.8 Å². The zero-order valence-corrected chi connectivity index (χ0v) is 8.28. The molecule has 0 bridgehead atoms. The zero-order chi connectivity index (χ0) is 8.10. The first kappa shape index (κ1) is 9.36. The molecule has 1 aliphatic heterocycles. The van der Waals surface area contributed by atoms with E-state index in [4.69, 9.17) is 0 Å². The van der Waals surface area contributed by atoms with E-state index in [0.29, 0.717) is 0 Å². The van der Waals surface area contributed by atoms with Crippen LogP contribution in [0.1, 0.15) is 6.92 Å². The van der Waals surface area contributed by atoms with Crippen molar-refractivity contribution in [1.29, 1.82) is 0 Å². The second-order valence-electron chi connectivity index (χ2n) is 3.08. The van der Waals surface area contributed by atoms with E-state index in [1.165, 1.54) is 25.4 Å². The molecule has 0 aliphatic carbocycles. The average molecular weight is 174 g/mol. The fourth-order valence-electron chi connectivity index (χ4n) is 1.42. The Kier molecular flexibility index (Phi) is 4.26. The molecule has 0 saturated carbocycles. The van der Waals surface area contributed by atoms with E-state index >= 15 is 0 Å². The molecule has 0 aromatic carbocycles. The maximum atomic E-state index is 3.39. The summed E-state index contributed by atoms with van der Waals surface area (Å²) in [6.07, 6.45) is 2.17. The Balaban J connectivity index is 2.18. The first-order valence-corrected chi connectivity index (χ1v) is 5.67. The third-order valence-electron chi connectivity index (χ3n) is 2.22. The predicted molar refractivity (Wildman–Crippen MR) is 52.3 cm³/mol. The van der Waals surface area contributed by atoms with Gasteiger partial charge in [-0.15, -0.1) is 0 Å². The molecule has 1 unspecified atom stereocenters. The van der Waals surface area contributed by atoms with E-state index in [1.54, 1.807) is 0 Å². The summed E-state index contributed by atoms with van der Waals surface area (Å²) < 4.78 is 0. The van der Waals surface area contributed by atoms with Crippen molar-refractivity contribution in [2.45, 2.75) is 13.0 Å². The Labute approximate surface area is 73.7 Å². The van der Waals surface area contributed by atoms with Crippen molar-refractivity contribution in [3.8, 4) is 0 Å². The molecule has 1 fully saturated rings. The van der Waals surface area contributed by atoms with Gasteiger partial charge in [0.05, 0.1) is 0 Å². The molecule has 1 aliphatic rings. The minimum absolute atomic E-state index is 0.732. The van der Waals surface area contributed by atoms with Crippen molar-refractivity contribution in [3.63, 3.8) is 0 Å². The molecule has 2 nitrogen and oxygen atoms in total. The van der Waals surface area contributed by atoms with Crippen LogP contribution in [0.15, 0.2) is 0 Å². The van der Waals surface area contributed by atoms with Gasteiger partial charge in [0, 0.05) is 38.0 Å². The predicted octanol–water partition coefficient (Wildman–Crippen LogP) is 0.643. The fourth-order valence-corrected chi connectivity index (χ4v) is 1.84. The normalized spacial score (nSPS) is 27.3. The van der Waals surface area contributed by atoms with Crippen LogP contribution in [0.4, 0.5) is 0 Å². The van der Waals surface area contributed by atoms with E-state index in [0.717, 1.165) is 12.6 Å². The molecule has 1 heterocycles. The van der Waals surface area contributed by atoms with E-state index in [9.17, 15) is 0 Å². The number of hydrogen-bond acceptors (Lipinski definition) is 3. The van der Waals surface area contributed by atoms with Gasteiger partial charge in [0.25, 0.3) is 0 Å². The number of rotatable bonds is 3. The fraction of sp³-hybridized carbons (Fsp3) is 1.00. The van der Waals surface area contributed by atoms with Crippen LogP contribution in [0.5, 0.6) is 0 Å². The summed E-state index contributed by atoms with van der Waals surface area (Å²) in [6, 6.07) is 0.732. The average Bonchev–Trinajstić information content (AvgIpc) is 2.03. The first-order chi connectivity index (χ1) is 5.34. The molecule has 0 amide bonds. The summed E-state index contributed by atoms with van der Waals surface area (Å²) in [6.45, 7) is 7.10. The van der Waals surface area contributed by atoms with Crippen molar-refractivity contribution in [2.24, 2.45) is 0 Å². The smallest absolute Gasteiger partial charge is 0.0193 e. The Bertz CT molecular complexity index is 108. The maximum absolute atomic E-state index is 3.39. The van der Waals surface area contributed by atoms with Crippen LogP contribution in [0.2, 0.25) is 0 Å². The van der Waals surface area contributed by atoms with Gasteiger partial charge in [-0.05, 0) is 13.2 Å². The van der Waals surface area contributed by atoms with Gasteiger partial charge >= 0.3 is 0 Å². The molecule has 3 heteroatoms. The van der Waals surface area contributed by atoms with Gasteiger partial charge in [-0.1, -0.05) is 0 Å². The van der Waals surface area contributed by atoms with Crippen molar-refractivity contribution in [2.75, 3.05) is 38.2 Å². The van der Waals surface area contributed by atoms with E-state index in [-0.39, 0.29) is 0 Å². The minimum atomic E-state index is 0.732. The molecule has 0 spiro atoms. The minimum Gasteiger partial charge on any atom is -0.314 e. The molecule has 1 atom stereocenters. The van der Waals surface area contributed by atoms with E-state index < -0.39 is 0 Å². The topological polar surface area (TPSA) is 15.3 Å². The van der Waals surface area contributed by atoms with Gasteiger partial charge in [0.1, 0.15) is 0 Å². The Morgan fingerprint density at radius 1 is 1.64 bits per heavy atom. The lowest BCUT2D eigenvalue weighted by atomic mass is 10.2. The van der Waals surface area contributed by atoms with E-state index in [1.807, 2.05) is 11.8 Å². The number of nitrogens with one attached hydrogen (secondary N) is 1. The van der Waals surface area contributed by atoms with Crippen LogP contribution in [0, 0.1) is 0 Å². The van der Waals surface area contributed by atoms with Crippen molar-refractivity contribution in [1.82, 2.24) is 10.2 Å². The molecule has 0 radical (unpaired) electrons. The van der Waals surface area contributed by atoms with Gasteiger partial charge < -0.3 is 5.32 Å². The van der Waals surface area contributed by atoms with Crippen molar-refractivity contribution in [3.05, 3.63) is 0 Å². The van der Waals surface area contributed by atoms with Crippen LogP contribution in [-0.4, -0.2) is 49.1 Å². The quantitative estimate of drug-likeness (QED) is 0.676. The van der Waals surface area contributed by atoms with Gasteiger partial charge in [-0.25, -0.2) is 0 Å². The second kappa shape index (κ2) is 5.01. The lowest BCUT2D eigenvalue weighted by molar-refractivity contribution is 0.185. The van der Waals surface area contributed by atoms with Crippen LogP contribution in [-0.2, 0) is 0 Å². The van der Waals surface area contributed by atoms with Gasteiger partial charge in [-0.3, -0.25) is 4.90 Å². The summed E-state index contributed by atoms with van der Waals surface area (Å²) in [4.78, 5) is 2.56. The highest BCUT2D eigenvalue weighted by Crippen LogP contribution is 2.03. The highest BCUT2D eigenvalue weighted by molar-refractivity contribution is 7.98. The van der Waals surface area contributed by atoms with Crippen LogP contribution >= 0.6 is 11.8 Å². The van der Waals surface area contributed by atoms with Gasteiger partial charge in [0.15, 0.2) is 0 Å². The Morgan fingerprint density at radius 2 is 2.45 bits per heavy atom. The molecule has 66 valence electrons. The molecule has 0 aromatic rings. The molecular weight excluding hydrogens is 156 g/mol. The first-order valence-electron chi connectivity index (χ1n) is 4.28. The monoisotopic (exact) mass is 174 g/mol. The molecule has 11 heavy (non-hydrogen) atoms. The summed E-state index contributed by atoms with van der Waals surface area (Å²) in [5, 5.41) is 3.39. The largest absolute Gasteiger partial charge is 0.314 e. The van der Waals surface area contributed by atoms with Crippen molar-refractivity contribution >= 4 is 11.8 Å². The molecule has 1 saturated heterocycles. The molecule has 1 rings (SSSR count). The summed E-state index contributed by atoms with van der Waals surface area (Å²) in [5.41, 5.74) is 0. The van der Waals surface area contributed by atoms with E-state index in [2.05, 4.69) is 23.4 Å². The summed E-state index contributed by atoms with van der Waals surface area (Å²) >= 11 is 1.94. The van der Waals surface area contributed by atoms with Crippen LogP contribution in [0.25, 0.3) is 0 Å².